The van der Waals surface area contributed by atoms with E-state index in [0.29, 0.717) is 16.8 Å². The van der Waals surface area contributed by atoms with E-state index in [1.807, 2.05) is 0 Å². The first kappa shape index (κ1) is 29.1. The number of aromatic nitrogens is 2. The summed E-state index contributed by atoms with van der Waals surface area (Å²) in [5.41, 5.74) is 4.41. The Kier molecular flexibility index (Phi) is 8.00. The molecule has 1 fully saturated rings. The highest BCUT2D eigenvalue weighted by Gasteiger charge is 2.55. The predicted molar refractivity (Wildman–Crippen MR) is 141 cm³/mol. The quantitative estimate of drug-likeness (QED) is 0.0796. The van der Waals surface area contributed by atoms with Crippen LogP contribution in [0.5, 0.6) is 0 Å². The number of nitrogens with two attached hydrogens (primary N) is 1. The average molecular weight is 589 g/mol. The van der Waals surface area contributed by atoms with Gasteiger partial charge in [-0.3, -0.25) is 14.5 Å². The molecule has 17 heteroatoms. The summed E-state index contributed by atoms with van der Waals surface area (Å²) in [6.45, 7) is 4.24. The van der Waals surface area contributed by atoms with Crippen molar-refractivity contribution in [2.24, 2.45) is 10.3 Å². The number of carbonyl (C=O) groups is 4. The van der Waals surface area contributed by atoms with Crippen molar-refractivity contribution in [3.8, 4) is 0 Å². The number of carboxylic acids is 2. The normalized spacial score (nSPS) is 19.4. The van der Waals surface area contributed by atoms with Gasteiger partial charge in [-0.25, -0.2) is 14.2 Å². The highest BCUT2D eigenvalue weighted by Crippen LogP contribution is 2.40. The van der Waals surface area contributed by atoms with Crippen molar-refractivity contribution in [1.82, 2.24) is 15.2 Å². The summed E-state index contributed by atoms with van der Waals surface area (Å²) in [5.74, 6) is -4.00. The SMILES string of the molecule is CC(=NO)c1cc[n+](CC2=C(C(=O)O)N3C(=O)C(NC(=O)/C(=N\OC(C)(C)C(=O)O)c4coc(N)n4)[C@@H]3SC2)cc1. The summed E-state index contributed by atoms with van der Waals surface area (Å²) in [4.78, 5) is 59.9. The number of hydrogen-bond donors (Lipinski definition) is 5. The number of nitrogens with one attached hydrogen (secondary N) is 1. The molecule has 216 valence electrons. The van der Waals surface area contributed by atoms with E-state index < -0.39 is 46.5 Å². The number of nitrogens with zero attached hydrogens (tertiary/aromatic N) is 5. The number of carboxylic acid groups (broad SMARTS) is 2. The minimum Gasteiger partial charge on any atom is -0.478 e. The molecular formula is C24H26N7O9S+. The summed E-state index contributed by atoms with van der Waals surface area (Å²) in [5, 5.41) is 36.8. The molecule has 0 spiro atoms. The number of fused-ring (bicyclic) bond motifs is 1. The van der Waals surface area contributed by atoms with Gasteiger partial charge in [-0.1, -0.05) is 10.3 Å². The zero-order valence-electron chi connectivity index (χ0n) is 22.0. The van der Waals surface area contributed by atoms with Crippen molar-refractivity contribution in [3.05, 3.63) is 53.3 Å². The molecule has 1 unspecified atom stereocenters. The number of hydrogen-bond acceptors (Lipinski definition) is 12. The van der Waals surface area contributed by atoms with Gasteiger partial charge in [-0.2, -0.15) is 4.98 Å². The Bertz CT molecular complexity index is 1500. The van der Waals surface area contributed by atoms with Crippen molar-refractivity contribution in [1.29, 1.82) is 0 Å². The van der Waals surface area contributed by atoms with Crippen LogP contribution in [0.1, 0.15) is 32.0 Å². The highest BCUT2D eigenvalue weighted by atomic mass is 32.2. The zero-order valence-corrected chi connectivity index (χ0v) is 22.8. The molecule has 2 aliphatic heterocycles. The topological polar surface area (TPSA) is 234 Å². The van der Waals surface area contributed by atoms with Crippen molar-refractivity contribution in [3.63, 3.8) is 0 Å². The lowest BCUT2D eigenvalue weighted by atomic mass is 10.0. The second-order valence-corrected chi connectivity index (χ2v) is 10.6. The number of nitrogen functional groups attached to an aromatic ring is 1. The number of anilines is 1. The molecule has 2 aliphatic rings. The van der Waals surface area contributed by atoms with Crippen LogP contribution in [-0.2, 0) is 30.6 Å². The van der Waals surface area contributed by atoms with E-state index in [0.717, 1.165) is 11.2 Å². The van der Waals surface area contributed by atoms with E-state index in [2.05, 4.69) is 20.6 Å². The molecule has 2 aromatic rings. The van der Waals surface area contributed by atoms with Gasteiger partial charge in [-0.15, -0.1) is 11.8 Å². The molecule has 2 atom stereocenters. The molecule has 6 N–H and O–H groups in total. The lowest BCUT2D eigenvalue weighted by Gasteiger charge is -2.49. The van der Waals surface area contributed by atoms with Crippen LogP contribution in [0.25, 0.3) is 0 Å². The third-order valence-corrected chi connectivity index (χ3v) is 7.57. The van der Waals surface area contributed by atoms with Crippen molar-refractivity contribution < 1.29 is 48.4 Å². The van der Waals surface area contributed by atoms with Crippen LogP contribution in [0.3, 0.4) is 0 Å². The minimum absolute atomic E-state index is 0.169. The molecule has 1 saturated heterocycles. The third kappa shape index (κ3) is 5.84. The Balaban J connectivity index is 1.54. The number of rotatable bonds is 10. The fraction of sp³-hybridized carbons (Fsp3) is 0.333. The lowest BCUT2D eigenvalue weighted by molar-refractivity contribution is -0.689. The predicted octanol–water partition coefficient (Wildman–Crippen LogP) is -0.235. The Morgan fingerprint density at radius 1 is 1.32 bits per heavy atom. The van der Waals surface area contributed by atoms with Crippen molar-refractivity contribution in [2.45, 2.75) is 44.3 Å². The summed E-state index contributed by atoms with van der Waals surface area (Å²) in [6, 6.07) is 2.01. The standard InChI is InChI=1S/C24H25N7O9S/c1-11(28-38)12-4-6-30(7-5-12)8-13-10-41-20-16(19(33)31(20)17(13)21(34)35)27-18(32)15(14-9-39-23(25)26-14)29-40-24(2,3)22(36)37/h4-7,9,16,20H,8,10H2,1-3H3,(H5,25,26,27,32,34,35,36,37)/p+1/b29-15-/t16?,20-/m0/s1. The average Bonchev–Trinajstić information content (AvgIpc) is 3.36. The molecule has 0 radical (unpaired) electrons. The van der Waals surface area contributed by atoms with Gasteiger partial charge in [0, 0.05) is 29.0 Å². The summed E-state index contributed by atoms with van der Waals surface area (Å²) in [7, 11) is 0. The van der Waals surface area contributed by atoms with Crippen molar-refractivity contribution >= 4 is 53.0 Å². The number of pyridine rings is 1. The number of amides is 2. The molecule has 4 rings (SSSR count). The van der Waals surface area contributed by atoms with E-state index in [1.165, 1.54) is 25.6 Å². The number of thioether (sulfide) groups is 1. The largest absolute Gasteiger partial charge is 0.478 e. The van der Waals surface area contributed by atoms with Gasteiger partial charge in [0.15, 0.2) is 24.7 Å². The van der Waals surface area contributed by atoms with E-state index in [4.69, 9.17) is 20.2 Å². The van der Waals surface area contributed by atoms with Gasteiger partial charge in [-0.05, 0) is 20.8 Å². The minimum atomic E-state index is -1.80. The Hall–Kier alpha value is -4.93. The molecule has 2 amide bonds. The zero-order chi connectivity index (χ0) is 30.1. The molecule has 16 nitrogen and oxygen atoms in total. The monoisotopic (exact) mass is 588 g/mol. The van der Waals surface area contributed by atoms with Crippen LogP contribution in [0.4, 0.5) is 6.01 Å². The van der Waals surface area contributed by atoms with Crippen LogP contribution in [0.15, 0.2) is 56.8 Å². The highest BCUT2D eigenvalue weighted by molar-refractivity contribution is 8.00. The maximum Gasteiger partial charge on any atom is 0.352 e. The van der Waals surface area contributed by atoms with Crippen LogP contribution in [-0.4, -0.2) is 83.3 Å². The first-order valence-corrected chi connectivity index (χ1v) is 13.0. The Morgan fingerprint density at radius 2 is 2.00 bits per heavy atom. The molecule has 0 saturated carbocycles. The van der Waals surface area contributed by atoms with Crippen molar-refractivity contribution in [2.75, 3.05) is 11.5 Å². The summed E-state index contributed by atoms with van der Waals surface area (Å²) < 4.78 is 6.64. The molecule has 41 heavy (non-hydrogen) atoms. The summed E-state index contributed by atoms with van der Waals surface area (Å²) >= 11 is 1.26. The van der Waals surface area contributed by atoms with Crippen LogP contribution >= 0.6 is 11.8 Å². The maximum atomic E-state index is 13.2. The first-order valence-electron chi connectivity index (χ1n) is 11.9. The number of oxime groups is 2. The van der Waals surface area contributed by atoms with Gasteiger partial charge < -0.3 is 35.7 Å². The van der Waals surface area contributed by atoms with E-state index in [1.54, 1.807) is 36.0 Å². The summed E-state index contributed by atoms with van der Waals surface area (Å²) in [6.07, 6.45) is 4.40. The molecular weight excluding hydrogens is 562 g/mol. The maximum absolute atomic E-state index is 13.2. The number of carbonyl (C=O) groups excluding carboxylic acids is 2. The van der Waals surface area contributed by atoms with E-state index in [-0.39, 0.29) is 29.7 Å². The molecule has 4 heterocycles. The van der Waals surface area contributed by atoms with Gasteiger partial charge in [0.05, 0.1) is 5.71 Å². The number of aliphatic carboxylic acids is 2. The number of β-lactam (4-membered cyclic amide) rings is 1. The lowest BCUT2D eigenvalue weighted by Crippen LogP contribution is -2.71. The molecule has 0 bridgehead atoms. The van der Waals surface area contributed by atoms with Crippen LogP contribution in [0, 0.1) is 0 Å². The van der Waals surface area contributed by atoms with E-state index in [9.17, 15) is 29.4 Å². The van der Waals surface area contributed by atoms with Crippen LogP contribution < -0.4 is 15.6 Å². The third-order valence-electron chi connectivity index (χ3n) is 6.23. The fourth-order valence-electron chi connectivity index (χ4n) is 3.90. The van der Waals surface area contributed by atoms with Gasteiger partial charge >= 0.3 is 11.9 Å². The second kappa shape index (κ2) is 11.3. The molecule has 0 aromatic carbocycles. The Labute approximate surface area is 236 Å². The van der Waals surface area contributed by atoms with Gasteiger partial charge in [0.1, 0.15) is 29.1 Å². The first-order chi connectivity index (χ1) is 19.3. The van der Waals surface area contributed by atoms with Gasteiger partial charge in [0.2, 0.25) is 5.60 Å². The number of oxazole rings is 1. The Morgan fingerprint density at radius 3 is 2.56 bits per heavy atom. The van der Waals surface area contributed by atoms with Crippen LogP contribution in [0.2, 0.25) is 0 Å². The van der Waals surface area contributed by atoms with Gasteiger partial charge in [0.25, 0.3) is 17.8 Å². The fourth-order valence-corrected chi connectivity index (χ4v) is 5.23. The molecule has 0 aliphatic carbocycles. The smallest absolute Gasteiger partial charge is 0.352 e. The van der Waals surface area contributed by atoms with E-state index >= 15 is 0 Å². The second-order valence-electron chi connectivity index (χ2n) is 9.48. The molecule has 2 aromatic heterocycles.